The van der Waals surface area contributed by atoms with Crippen LogP contribution in [-0.2, 0) is 0 Å². The minimum absolute atomic E-state index is 0.317. The van der Waals surface area contributed by atoms with E-state index < -0.39 is 0 Å². The van der Waals surface area contributed by atoms with Gasteiger partial charge in [-0.25, -0.2) is 0 Å². The second kappa shape index (κ2) is 5.86. The summed E-state index contributed by atoms with van der Waals surface area (Å²) in [5.74, 6) is 1.02. The third kappa shape index (κ3) is 3.54. The van der Waals surface area contributed by atoms with Crippen LogP contribution in [0.2, 0.25) is 0 Å². The highest BCUT2D eigenvalue weighted by Gasteiger charge is 2.10. The van der Waals surface area contributed by atoms with Gasteiger partial charge in [-0.15, -0.1) is 0 Å². The predicted molar refractivity (Wildman–Crippen MR) is 59.2 cm³/mol. The molecule has 0 saturated heterocycles. The molecule has 1 N–H and O–H groups in total. The summed E-state index contributed by atoms with van der Waals surface area (Å²) in [4.78, 5) is 0. The van der Waals surface area contributed by atoms with Crippen molar-refractivity contribution in [2.24, 2.45) is 0 Å². The van der Waals surface area contributed by atoms with Gasteiger partial charge in [0.25, 0.3) is 0 Å². The van der Waals surface area contributed by atoms with E-state index in [2.05, 4.69) is 26.1 Å². The molecule has 0 bridgehead atoms. The van der Waals surface area contributed by atoms with E-state index in [0.29, 0.717) is 12.1 Å². The zero-order valence-electron chi connectivity index (χ0n) is 9.42. The van der Waals surface area contributed by atoms with Crippen LogP contribution in [0, 0.1) is 0 Å². The van der Waals surface area contributed by atoms with E-state index >= 15 is 0 Å². The average Bonchev–Trinajstić information content (AvgIpc) is 2.67. The molecule has 2 heteroatoms. The first-order valence-electron chi connectivity index (χ1n) is 5.53. The molecular weight excluding hydrogens is 174 g/mol. The molecule has 1 aromatic rings. The molecule has 0 aliphatic rings. The lowest BCUT2D eigenvalue weighted by atomic mass is 10.1. The van der Waals surface area contributed by atoms with Crippen LogP contribution >= 0.6 is 0 Å². The fourth-order valence-corrected chi connectivity index (χ4v) is 1.64. The Labute approximate surface area is 86.7 Å². The molecule has 2 atom stereocenters. The predicted octanol–water partition coefficient (Wildman–Crippen LogP) is 3.51. The van der Waals surface area contributed by atoms with Crippen molar-refractivity contribution in [2.75, 3.05) is 0 Å². The molecule has 14 heavy (non-hydrogen) atoms. The van der Waals surface area contributed by atoms with Crippen LogP contribution < -0.4 is 5.32 Å². The lowest BCUT2D eigenvalue weighted by molar-refractivity contribution is 0.384. The van der Waals surface area contributed by atoms with Gasteiger partial charge in [-0.1, -0.05) is 19.8 Å². The molecule has 0 aliphatic carbocycles. The second-order valence-corrected chi connectivity index (χ2v) is 3.95. The molecular formula is C12H21NO. The first-order chi connectivity index (χ1) is 6.74. The summed E-state index contributed by atoms with van der Waals surface area (Å²) in [5, 5.41) is 3.52. The molecule has 0 fully saturated rings. The molecule has 0 aliphatic heterocycles. The SMILES string of the molecule is CCCCC(C)N[C@H](C)c1ccco1. The van der Waals surface area contributed by atoms with Crippen molar-refractivity contribution < 1.29 is 4.42 Å². The van der Waals surface area contributed by atoms with Gasteiger partial charge in [0.2, 0.25) is 0 Å². The summed E-state index contributed by atoms with van der Waals surface area (Å²) in [5.41, 5.74) is 0. The summed E-state index contributed by atoms with van der Waals surface area (Å²) >= 11 is 0. The van der Waals surface area contributed by atoms with Crippen molar-refractivity contribution in [1.82, 2.24) is 5.32 Å². The van der Waals surface area contributed by atoms with Crippen molar-refractivity contribution >= 4 is 0 Å². The van der Waals surface area contributed by atoms with Crippen molar-refractivity contribution in [3.63, 3.8) is 0 Å². The largest absolute Gasteiger partial charge is 0.468 e. The second-order valence-electron chi connectivity index (χ2n) is 3.95. The van der Waals surface area contributed by atoms with E-state index in [1.54, 1.807) is 6.26 Å². The molecule has 1 rings (SSSR count). The van der Waals surface area contributed by atoms with Crippen molar-refractivity contribution in [3.8, 4) is 0 Å². The van der Waals surface area contributed by atoms with Gasteiger partial charge in [-0.05, 0) is 32.4 Å². The number of hydrogen-bond donors (Lipinski definition) is 1. The topological polar surface area (TPSA) is 25.2 Å². The highest BCUT2D eigenvalue weighted by Crippen LogP contribution is 2.14. The Bertz CT molecular complexity index is 230. The van der Waals surface area contributed by atoms with Gasteiger partial charge in [0.1, 0.15) is 5.76 Å². The van der Waals surface area contributed by atoms with Crippen LogP contribution in [-0.4, -0.2) is 6.04 Å². The van der Waals surface area contributed by atoms with Gasteiger partial charge < -0.3 is 9.73 Å². The average molecular weight is 195 g/mol. The Kier molecular flexibility index (Phi) is 4.74. The maximum absolute atomic E-state index is 5.34. The Morgan fingerprint density at radius 2 is 2.21 bits per heavy atom. The highest BCUT2D eigenvalue weighted by atomic mass is 16.3. The molecule has 1 aromatic heterocycles. The zero-order chi connectivity index (χ0) is 10.4. The third-order valence-corrected chi connectivity index (χ3v) is 2.50. The van der Waals surface area contributed by atoms with Gasteiger partial charge in [0, 0.05) is 6.04 Å². The smallest absolute Gasteiger partial charge is 0.120 e. The number of rotatable bonds is 6. The van der Waals surface area contributed by atoms with Crippen LogP contribution in [0.25, 0.3) is 0 Å². The monoisotopic (exact) mass is 195 g/mol. The van der Waals surface area contributed by atoms with E-state index in [0.717, 1.165) is 5.76 Å². The van der Waals surface area contributed by atoms with Gasteiger partial charge in [0.15, 0.2) is 0 Å². The highest BCUT2D eigenvalue weighted by molar-refractivity contribution is 5.03. The van der Waals surface area contributed by atoms with E-state index in [1.165, 1.54) is 19.3 Å². The van der Waals surface area contributed by atoms with Gasteiger partial charge in [-0.2, -0.15) is 0 Å². The van der Waals surface area contributed by atoms with Crippen LogP contribution in [0.1, 0.15) is 51.8 Å². The molecule has 1 heterocycles. The number of nitrogens with one attached hydrogen (secondary N) is 1. The standard InChI is InChI=1S/C12H21NO/c1-4-5-7-10(2)13-11(3)12-8-6-9-14-12/h6,8-11,13H,4-5,7H2,1-3H3/t10?,11-/m1/s1. The molecule has 0 aromatic carbocycles. The van der Waals surface area contributed by atoms with Crippen molar-refractivity contribution in [1.29, 1.82) is 0 Å². The fourth-order valence-electron chi connectivity index (χ4n) is 1.64. The number of unbranched alkanes of at least 4 members (excludes halogenated alkanes) is 1. The van der Waals surface area contributed by atoms with Crippen molar-refractivity contribution in [2.45, 2.75) is 52.1 Å². The Hall–Kier alpha value is -0.760. The molecule has 2 nitrogen and oxygen atoms in total. The zero-order valence-corrected chi connectivity index (χ0v) is 9.42. The number of hydrogen-bond acceptors (Lipinski definition) is 2. The Morgan fingerprint density at radius 3 is 2.79 bits per heavy atom. The van der Waals surface area contributed by atoms with E-state index in [4.69, 9.17) is 4.42 Å². The molecule has 1 unspecified atom stereocenters. The summed E-state index contributed by atoms with van der Waals surface area (Å²) < 4.78 is 5.34. The maximum Gasteiger partial charge on any atom is 0.120 e. The van der Waals surface area contributed by atoms with E-state index in [9.17, 15) is 0 Å². The summed E-state index contributed by atoms with van der Waals surface area (Å²) in [6.07, 6.45) is 5.52. The molecule has 0 amide bonds. The first kappa shape index (κ1) is 11.3. The third-order valence-electron chi connectivity index (χ3n) is 2.50. The normalized spacial score (nSPS) is 15.4. The van der Waals surface area contributed by atoms with Crippen LogP contribution in [0.15, 0.2) is 22.8 Å². The first-order valence-corrected chi connectivity index (χ1v) is 5.53. The van der Waals surface area contributed by atoms with E-state index in [1.807, 2.05) is 12.1 Å². The molecule has 0 spiro atoms. The van der Waals surface area contributed by atoms with Crippen LogP contribution in [0.4, 0.5) is 0 Å². The van der Waals surface area contributed by atoms with Gasteiger partial charge >= 0.3 is 0 Å². The lowest BCUT2D eigenvalue weighted by Gasteiger charge is -2.18. The molecule has 80 valence electrons. The lowest BCUT2D eigenvalue weighted by Crippen LogP contribution is -2.28. The van der Waals surface area contributed by atoms with Crippen molar-refractivity contribution in [3.05, 3.63) is 24.2 Å². The summed E-state index contributed by atoms with van der Waals surface area (Å²) in [6, 6.07) is 4.83. The van der Waals surface area contributed by atoms with Gasteiger partial charge in [-0.3, -0.25) is 0 Å². The summed E-state index contributed by atoms with van der Waals surface area (Å²) in [6.45, 7) is 6.60. The quantitative estimate of drug-likeness (QED) is 0.751. The van der Waals surface area contributed by atoms with Crippen LogP contribution in [0.3, 0.4) is 0 Å². The minimum atomic E-state index is 0.317. The number of furan rings is 1. The van der Waals surface area contributed by atoms with Crippen LogP contribution in [0.5, 0.6) is 0 Å². The Balaban J connectivity index is 2.29. The van der Waals surface area contributed by atoms with E-state index in [-0.39, 0.29) is 0 Å². The van der Waals surface area contributed by atoms with Gasteiger partial charge in [0.05, 0.1) is 12.3 Å². The molecule has 0 radical (unpaired) electrons. The summed E-state index contributed by atoms with van der Waals surface area (Å²) in [7, 11) is 0. The fraction of sp³-hybridized carbons (Fsp3) is 0.667. The minimum Gasteiger partial charge on any atom is -0.468 e. The molecule has 0 saturated carbocycles. The Morgan fingerprint density at radius 1 is 1.43 bits per heavy atom. The maximum atomic E-state index is 5.34.